The molecule has 2 N–H and O–H groups in total. The number of amides is 3. The average molecular weight is 652 g/mol. The normalized spacial score (nSPS) is 33.0. The molecule has 9 atom stereocenters. The minimum atomic E-state index is -1.46. The zero-order valence-electron chi connectivity index (χ0n) is 27.9. The molecule has 4 aliphatic rings. The van der Waals surface area contributed by atoms with Crippen LogP contribution in [0.4, 0.5) is 0 Å². The number of hydrogen-bond acceptors (Lipinski definition) is 8. The molecular weight excluding hydrogens is 602 g/mol. The minimum absolute atomic E-state index is 0.0824. The third kappa shape index (κ3) is 6.62. The summed E-state index contributed by atoms with van der Waals surface area (Å²) in [6, 6.07) is 6.71. The van der Waals surface area contributed by atoms with Gasteiger partial charge >= 0.3 is 5.97 Å². The number of methoxy groups -OCH3 is 1. The van der Waals surface area contributed by atoms with Gasteiger partial charge in [-0.2, -0.15) is 0 Å². The number of benzene rings is 1. The maximum atomic E-state index is 14.8. The lowest BCUT2D eigenvalue weighted by Crippen LogP contribution is -2.59. The van der Waals surface area contributed by atoms with Crippen LogP contribution in [0.15, 0.2) is 54.6 Å². The number of rotatable bonds is 10. The van der Waals surface area contributed by atoms with Gasteiger partial charge in [0.05, 0.1) is 37.3 Å². The quantitative estimate of drug-likeness (QED) is 0.292. The Balaban J connectivity index is 1.63. The number of aliphatic hydroxyl groups is 1. The average Bonchev–Trinajstić information content (AvgIpc) is 3.46. The molecule has 1 aromatic rings. The van der Waals surface area contributed by atoms with Crippen LogP contribution in [0, 0.1) is 17.8 Å². The largest absolute Gasteiger partial charge is 0.455 e. The van der Waals surface area contributed by atoms with Crippen LogP contribution >= 0.6 is 0 Å². The standard InChI is InChI=1S/C36H49N3O8/c1-5-7-19-38-20-13-18-36-30(33(42)39(32(36)34(38)43)26(21-40)23(3)6-2)29-27(47-36)16-11-12-17-28(41)37-25(22-45-4)31(46-35(29)44)24-14-9-8-10-15-24/h8-11,13-16,18,23,25-27,29-32,40H,5-7,12,17,19-22H2,1-4H3,(H,37,41)/b16-11-/t23-,25+,26-,27+,29-,30-,31+,32+,36-/m0/s1. The van der Waals surface area contributed by atoms with E-state index in [1.807, 2.05) is 50.3 Å². The first-order chi connectivity index (χ1) is 22.7. The highest BCUT2D eigenvalue weighted by atomic mass is 16.6. The fraction of sp³-hybridized carbons (Fsp3) is 0.611. The van der Waals surface area contributed by atoms with Crippen LogP contribution < -0.4 is 5.32 Å². The Morgan fingerprint density at radius 1 is 1.11 bits per heavy atom. The van der Waals surface area contributed by atoms with Crippen molar-refractivity contribution in [3.05, 3.63) is 60.2 Å². The Morgan fingerprint density at radius 2 is 1.87 bits per heavy atom. The van der Waals surface area contributed by atoms with E-state index in [-0.39, 0.29) is 37.4 Å². The summed E-state index contributed by atoms with van der Waals surface area (Å²) in [7, 11) is 1.51. The summed E-state index contributed by atoms with van der Waals surface area (Å²) in [4.78, 5) is 60.1. The van der Waals surface area contributed by atoms with Gasteiger partial charge in [0.2, 0.25) is 17.7 Å². The van der Waals surface area contributed by atoms with Gasteiger partial charge in [0.25, 0.3) is 0 Å². The van der Waals surface area contributed by atoms with Crippen LogP contribution in [0.3, 0.4) is 0 Å². The molecule has 11 nitrogen and oxygen atoms in total. The van der Waals surface area contributed by atoms with E-state index in [1.165, 1.54) is 12.0 Å². The Hall–Kier alpha value is -3.54. The van der Waals surface area contributed by atoms with Crippen molar-refractivity contribution in [2.45, 2.75) is 88.8 Å². The van der Waals surface area contributed by atoms with E-state index in [9.17, 15) is 24.3 Å². The van der Waals surface area contributed by atoms with Crippen LogP contribution in [0.25, 0.3) is 0 Å². The molecule has 5 rings (SSSR count). The summed E-state index contributed by atoms with van der Waals surface area (Å²) < 4.78 is 18.6. The molecule has 1 spiro atoms. The monoisotopic (exact) mass is 651 g/mol. The summed E-state index contributed by atoms with van der Waals surface area (Å²) in [5.74, 6) is -3.84. The van der Waals surface area contributed by atoms with Gasteiger partial charge in [-0.15, -0.1) is 0 Å². The van der Waals surface area contributed by atoms with E-state index in [1.54, 1.807) is 23.1 Å². The third-order valence-corrected chi connectivity index (χ3v) is 10.2. The summed E-state index contributed by atoms with van der Waals surface area (Å²) in [5, 5.41) is 13.6. The number of likely N-dealkylation sites (tertiary alicyclic amines) is 1. The van der Waals surface area contributed by atoms with E-state index in [0.717, 1.165) is 12.8 Å². The maximum absolute atomic E-state index is 14.8. The number of ether oxygens (including phenoxy) is 3. The molecular formula is C36H49N3O8. The van der Waals surface area contributed by atoms with Crippen LogP contribution in [-0.2, 0) is 33.4 Å². The number of nitrogens with one attached hydrogen (secondary N) is 1. The molecule has 1 aromatic carbocycles. The van der Waals surface area contributed by atoms with Crippen LogP contribution in [0.5, 0.6) is 0 Å². The van der Waals surface area contributed by atoms with Crippen LogP contribution in [-0.4, -0.2) is 102 Å². The molecule has 0 aliphatic carbocycles. The summed E-state index contributed by atoms with van der Waals surface area (Å²) in [6.07, 6.45) is 8.28. The predicted molar refractivity (Wildman–Crippen MR) is 174 cm³/mol. The fourth-order valence-electron chi connectivity index (χ4n) is 7.60. The van der Waals surface area contributed by atoms with Crippen molar-refractivity contribution in [3.8, 4) is 0 Å². The van der Waals surface area contributed by atoms with Crippen molar-refractivity contribution in [1.82, 2.24) is 15.1 Å². The number of nitrogens with zero attached hydrogens (tertiary/aromatic N) is 2. The summed E-state index contributed by atoms with van der Waals surface area (Å²) in [6.45, 7) is 6.60. The first-order valence-corrected chi connectivity index (χ1v) is 17.0. The molecule has 0 saturated carbocycles. The van der Waals surface area contributed by atoms with Crippen molar-refractivity contribution >= 4 is 23.7 Å². The zero-order valence-corrected chi connectivity index (χ0v) is 27.9. The smallest absolute Gasteiger partial charge is 0.313 e. The topological polar surface area (TPSA) is 135 Å². The number of aliphatic hydroxyl groups excluding tert-OH is 1. The molecule has 4 aliphatic heterocycles. The van der Waals surface area contributed by atoms with E-state index in [0.29, 0.717) is 31.5 Å². The fourth-order valence-corrected chi connectivity index (χ4v) is 7.60. The molecule has 0 bridgehead atoms. The number of fused-ring (bicyclic) bond motifs is 2. The molecule has 47 heavy (non-hydrogen) atoms. The third-order valence-electron chi connectivity index (χ3n) is 10.2. The Labute approximate surface area is 277 Å². The molecule has 0 aromatic heterocycles. The minimum Gasteiger partial charge on any atom is -0.455 e. The first-order valence-electron chi connectivity index (χ1n) is 17.0. The number of allylic oxidation sites excluding steroid dienone is 1. The van der Waals surface area contributed by atoms with E-state index < -0.39 is 59.6 Å². The molecule has 4 heterocycles. The van der Waals surface area contributed by atoms with Crippen molar-refractivity contribution < 1.29 is 38.5 Å². The summed E-state index contributed by atoms with van der Waals surface area (Å²) in [5.41, 5.74) is -0.802. The number of esters is 1. The molecule has 2 fully saturated rings. The highest BCUT2D eigenvalue weighted by molar-refractivity contribution is 5.99. The van der Waals surface area contributed by atoms with Gasteiger partial charge in [0, 0.05) is 26.6 Å². The van der Waals surface area contributed by atoms with Gasteiger partial charge < -0.3 is 34.4 Å². The van der Waals surface area contributed by atoms with Crippen molar-refractivity contribution in [2.75, 3.05) is 33.4 Å². The molecule has 0 radical (unpaired) electrons. The van der Waals surface area contributed by atoms with E-state index in [4.69, 9.17) is 14.2 Å². The van der Waals surface area contributed by atoms with Crippen LogP contribution in [0.1, 0.15) is 64.5 Å². The number of cyclic esters (lactones) is 1. The van der Waals surface area contributed by atoms with E-state index >= 15 is 0 Å². The molecule has 3 amide bonds. The lowest BCUT2D eigenvalue weighted by atomic mass is 9.77. The lowest BCUT2D eigenvalue weighted by Gasteiger charge is -2.40. The molecule has 256 valence electrons. The van der Waals surface area contributed by atoms with Gasteiger partial charge in [-0.3, -0.25) is 19.2 Å². The Morgan fingerprint density at radius 3 is 2.55 bits per heavy atom. The highest BCUT2D eigenvalue weighted by Crippen LogP contribution is 2.54. The summed E-state index contributed by atoms with van der Waals surface area (Å²) >= 11 is 0. The van der Waals surface area contributed by atoms with Gasteiger partial charge in [-0.1, -0.05) is 88.2 Å². The lowest BCUT2D eigenvalue weighted by molar-refractivity contribution is -0.163. The Kier molecular flexibility index (Phi) is 11.2. The van der Waals surface area contributed by atoms with Gasteiger partial charge in [-0.05, 0) is 24.3 Å². The number of unbranched alkanes of at least 4 members (excludes halogenated alkanes) is 1. The predicted octanol–water partition coefficient (Wildman–Crippen LogP) is 2.94. The second-order valence-corrected chi connectivity index (χ2v) is 13.1. The molecule has 0 unspecified atom stereocenters. The van der Waals surface area contributed by atoms with E-state index in [2.05, 4.69) is 12.2 Å². The van der Waals surface area contributed by atoms with Gasteiger partial charge in [-0.25, -0.2) is 0 Å². The highest BCUT2D eigenvalue weighted by Gasteiger charge is 2.72. The van der Waals surface area contributed by atoms with Crippen molar-refractivity contribution in [1.29, 1.82) is 0 Å². The van der Waals surface area contributed by atoms with Crippen LogP contribution in [0.2, 0.25) is 0 Å². The van der Waals surface area contributed by atoms with Gasteiger partial charge in [0.15, 0.2) is 0 Å². The number of carbonyl (C=O) groups excluding carboxylic acids is 4. The zero-order chi connectivity index (χ0) is 33.7. The second-order valence-electron chi connectivity index (χ2n) is 13.1. The number of hydrogen-bond donors (Lipinski definition) is 2. The van der Waals surface area contributed by atoms with Crippen molar-refractivity contribution in [2.24, 2.45) is 17.8 Å². The Bertz CT molecular complexity index is 1350. The first kappa shape index (κ1) is 34.8. The maximum Gasteiger partial charge on any atom is 0.313 e. The van der Waals surface area contributed by atoms with Crippen molar-refractivity contribution in [3.63, 3.8) is 0 Å². The second kappa shape index (κ2) is 15.1. The van der Waals surface area contributed by atoms with Gasteiger partial charge in [0.1, 0.15) is 23.7 Å². The SMILES string of the molecule is CCCCN1CC=C[C@]23O[C@@H]4/C=C\CCC(=O)N[C@H](COC)[C@@H](c5ccccc5)OC(=O)[C@@H]4[C@H]2C(=O)N([C@@H](CO)[C@@H](C)CC)[C@@H]3C1=O. The number of carbonyl (C=O) groups is 4. The molecule has 2 saturated heterocycles. The molecule has 11 heteroatoms.